The Labute approximate surface area is 106 Å². The Balaban J connectivity index is 2.61. The Morgan fingerprint density at radius 1 is 1.22 bits per heavy atom. The number of benzene rings is 2. The summed E-state index contributed by atoms with van der Waals surface area (Å²) in [5.41, 5.74) is 6.29. The van der Waals surface area contributed by atoms with Crippen molar-refractivity contribution in [2.24, 2.45) is 5.73 Å². The summed E-state index contributed by atoms with van der Waals surface area (Å²) in [5.74, 6) is -0.823. The molecule has 0 spiro atoms. The predicted octanol–water partition coefficient (Wildman–Crippen LogP) is 2.53. The Hall–Kier alpha value is -1.87. The molecular formula is C15H17NO2. The van der Waals surface area contributed by atoms with E-state index >= 15 is 0 Å². The molecule has 0 aliphatic heterocycles. The van der Waals surface area contributed by atoms with Crippen molar-refractivity contribution in [1.82, 2.24) is 0 Å². The van der Waals surface area contributed by atoms with Crippen molar-refractivity contribution >= 4 is 16.7 Å². The van der Waals surface area contributed by atoms with Crippen molar-refractivity contribution < 1.29 is 9.90 Å². The summed E-state index contributed by atoms with van der Waals surface area (Å²) in [7, 11) is 0. The van der Waals surface area contributed by atoms with Crippen LogP contribution in [0.2, 0.25) is 0 Å². The van der Waals surface area contributed by atoms with Crippen LogP contribution in [-0.2, 0) is 10.2 Å². The monoisotopic (exact) mass is 243 g/mol. The van der Waals surface area contributed by atoms with Gasteiger partial charge >= 0.3 is 5.97 Å². The minimum absolute atomic E-state index is 0.0392. The average molecular weight is 243 g/mol. The highest BCUT2D eigenvalue weighted by atomic mass is 16.4. The van der Waals surface area contributed by atoms with Crippen molar-refractivity contribution in [2.45, 2.75) is 18.8 Å². The van der Waals surface area contributed by atoms with Crippen LogP contribution in [0, 0.1) is 0 Å². The number of rotatable bonds is 4. The number of hydrogen-bond donors (Lipinski definition) is 2. The van der Waals surface area contributed by atoms with E-state index in [1.165, 1.54) is 0 Å². The van der Waals surface area contributed by atoms with Gasteiger partial charge in [-0.1, -0.05) is 49.4 Å². The number of carbonyl (C=O) groups is 1. The second kappa shape index (κ2) is 4.78. The first-order chi connectivity index (χ1) is 8.57. The SMILES string of the molecule is CC(CN)(CC(=O)O)c1cccc2ccccc12. The standard InChI is InChI=1S/C15H17NO2/c1-15(10-16,9-14(17)18)13-8-4-6-11-5-2-3-7-12(11)13/h2-8H,9-10,16H2,1H3,(H,17,18). The highest BCUT2D eigenvalue weighted by molar-refractivity contribution is 5.87. The molecule has 0 heterocycles. The van der Waals surface area contributed by atoms with E-state index in [9.17, 15) is 4.79 Å². The summed E-state index contributed by atoms with van der Waals surface area (Å²) in [5, 5.41) is 11.2. The van der Waals surface area contributed by atoms with Crippen molar-refractivity contribution in [1.29, 1.82) is 0 Å². The molecular weight excluding hydrogens is 226 g/mol. The molecule has 2 rings (SSSR count). The molecule has 3 nitrogen and oxygen atoms in total. The molecule has 3 heteroatoms. The number of aliphatic carboxylic acids is 1. The molecule has 94 valence electrons. The van der Waals surface area contributed by atoms with Crippen LogP contribution >= 0.6 is 0 Å². The van der Waals surface area contributed by atoms with Gasteiger partial charge in [-0.05, 0) is 16.3 Å². The normalized spacial score (nSPS) is 14.3. The first-order valence-corrected chi connectivity index (χ1v) is 5.97. The van der Waals surface area contributed by atoms with E-state index in [2.05, 4.69) is 0 Å². The van der Waals surface area contributed by atoms with Gasteiger partial charge in [0.2, 0.25) is 0 Å². The fraction of sp³-hybridized carbons (Fsp3) is 0.267. The fourth-order valence-electron chi connectivity index (χ4n) is 2.36. The summed E-state index contributed by atoms with van der Waals surface area (Å²) in [6.07, 6.45) is 0.0392. The lowest BCUT2D eigenvalue weighted by atomic mass is 9.77. The lowest BCUT2D eigenvalue weighted by molar-refractivity contribution is -0.138. The predicted molar refractivity (Wildman–Crippen MR) is 72.6 cm³/mol. The topological polar surface area (TPSA) is 63.3 Å². The summed E-state index contributed by atoms with van der Waals surface area (Å²) >= 11 is 0. The van der Waals surface area contributed by atoms with Gasteiger partial charge in [0.05, 0.1) is 6.42 Å². The van der Waals surface area contributed by atoms with Crippen molar-refractivity contribution in [2.75, 3.05) is 6.54 Å². The highest BCUT2D eigenvalue weighted by Crippen LogP contribution is 2.32. The molecule has 2 aromatic carbocycles. The molecule has 3 N–H and O–H groups in total. The van der Waals surface area contributed by atoms with Crippen LogP contribution in [0.5, 0.6) is 0 Å². The van der Waals surface area contributed by atoms with Gasteiger partial charge < -0.3 is 10.8 Å². The van der Waals surface area contributed by atoms with Crippen LogP contribution in [0.1, 0.15) is 18.9 Å². The molecule has 0 fully saturated rings. The molecule has 0 amide bonds. The smallest absolute Gasteiger partial charge is 0.304 e. The van der Waals surface area contributed by atoms with E-state index < -0.39 is 11.4 Å². The number of carboxylic acids is 1. The lowest BCUT2D eigenvalue weighted by Gasteiger charge is -2.28. The zero-order valence-corrected chi connectivity index (χ0v) is 10.4. The van der Waals surface area contributed by atoms with Gasteiger partial charge in [-0.3, -0.25) is 4.79 Å². The van der Waals surface area contributed by atoms with Gasteiger partial charge in [0.1, 0.15) is 0 Å². The van der Waals surface area contributed by atoms with Gasteiger partial charge in [-0.25, -0.2) is 0 Å². The fourth-order valence-corrected chi connectivity index (χ4v) is 2.36. The average Bonchev–Trinajstić information content (AvgIpc) is 2.37. The van der Waals surface area contributed by atoms with Crippen LogP contribution < -0.4 is 5.73 Å². The second-order valence-electron chi connectivity index (χ2n) is 4.86. The van der Waals surface area contributed by atoms with Crippen LogP contribution in [0.4, 0.5) is 0 Å². The molecule has 0 bridgehead atoms. The zero-order chi connectivity index (χ0) is 13.2. The third-order valence-corrected chi connectivity index (χ3v) is 3.43. The third-order valence-electron chi connectivity index (χ3n) is 3.43. The Bertz CT molecular complexity index is 574. The molecule has 0 aromatic heterocycles. The molecule has 0 saturated heterocycles. The molecule has 0 radical (unpaired) electrons. The van der Waals surface area contributed by atoms with Gasteiger partial charge in [0, 0.05) is 12.0 Å². The van der Waals surface area contributed by atoms with Crippen LogP contribution in [0.3, 0.4) is 0 Å². The van der Waals surface area contributed by atoms with E-state index in [1.54, 1.807) is 0 Å². The first-order valence-electron chi connectivity index (χ1n) is 5.97. The van der Waals surface area contributed by atoms with Crippen molar-refractivity contribution in [3.05, 3.63) is 48.0 Å². The largest absolute Gasteiger partial charge is 0.481 e. The van der Waals surface area contributed by atoms with Crippen LogP contribution in [0.15, 0.2) is 42.5 Å². The maximum absolute atomic E-state index is 11.0. The van der Waals surface area contributed by atoms with E-state index in [1.807, 2.05) is 49.4 Å². The van der Waals surface area contributed by atoms with E-state index in [-0.39, 0.29) is 6.42 Å². The number of fused-ring (bicyclic) bond motifs is 1. The quantitative estimate of drug-likeness (QED) is 0.867. The van der Waals surface area contributed by atoms with Crippen LogP contribution in [0.25, 0.3) is 10.8 Å². The molecule has 1 unspecified atom stereocenters. The summed E-state index contributed by atoms with van der Waals surface area (Å²) in [6.45, 7) is 2.22. The molecule has 18 heavy (non-hydrogen) atoms. The van der Waals surface area contributed by atoms with Gasteiger partial charge in [-0.15, -0.1) is 0 Å². The summed E-state index contributed by atoms with van der Waals surface area (Å²) < 4.78 is 0. The minimum Gasteiger partial charge on any atom is -0.481 e. The number of nitrogens with two attached hydrogens (primary N) is 1. The molecule has 1 atom stereocenters. The molecule has 2 aromatic rings. The third kappa shape index (κ3) is 2.22. The Morgan fingerprint density at radius 2 is 1.89 bits per heavy atom. The molecule has 0 aliphatic rings. The second-order valence-corrected chi connectivity index (χ2v) is 4.86. The summed E-state index contributed by atoms with van der Waals surface area (Å²) in [4.78, 5) is 11.0. The summed E-state index contributed by atoms with van der Waals surface area (Å²) in [6, 6.07) is 13.9. The first kappa shape index (κ1) is 12.6. The van der Waals surface area contributed by atoms with E-state index in [4.69, 9.17) is 10.8 Å². The molecule has 0 aliphatic carbocycles. The van der Waals surface area contributed by atoms with Crippen molar-refractivity contribution in [3.63, 3.8) is 0 Å². The number of carboxylic acid groups (broad SMARTS) is 1. The van der Waals surface area contributed by atoms with Gasteiger partial charge in [0.25, 0.3) is 0 Å². The van der Waals surface area contributed by atoms with E-state index in [0.29, 0.717) is 6.54 Å². The van der Waals surface area contributed by atoms with E-state index in [0.717, 1.165) is 16.3 Å². The Kier molecular flexibility index (Phi) is 3.34. The highest BCUT2D eigenvalue weighted by Gasteiger charge is 2.29. The van der Waals surface area contributed by atoms with Crippen LogP contribution in [-0.4, -0.2) is 17.6 Å². The maximum atomic E-state index is 11.0. The number of hydrogen-bond acceptors (Lipinski definition) is 2. The minimum atomic E-state index is -0.823. The zero-order valence-electron chi connectivity index (χ0n) is 10.4. The van der Waals surface area contributed by atoms with Crippen molar-refractivity contribution in [3.8, 4) is 0 Å². The maximum Gasteiger partial charge on any atom is 0.304 e. The van der Waals surface area contributed by atoms with Gasteiger partial charge in [-0.2, -0.15) is 0 Å². The Morgan fingerprint density at radius 3 is 2.56 bits per heavy atom. The molecule has 0 saturated carbocycles. The van der Waals surface area contributed by atoms with Gasteiger partial charge in [0.15, 0.2) is 0 Å². The lowest BCUT2D eigenvalue weighted by Crippen LogP contribution is -2.34.